The van der Waals surface area contributed by atoms with Crippen LogP contribution in [0.15, 0.2) is 0 Å². The summed E-state index contributed by atoms with van der Waals surface area (Å²) in [6.45, 7) is 4.14. The molecule has 0 aromatic rings. The molecule has 0 saturated carbocycles. The maximum atomic E-state index is 10.4. The standard InChI is InChI=1S/C8H15NO2/c1-7(10)11-6-8-3-2-4-9-5-8/h8-9H,2-6H2,1H3/t8-/m0/s1. The number of ether oxygens (including phenoxy) is 1. The van der Waals surface area contributed by atoms with E-state index in [1.165, 1.54) is 19.8 Å². The highest BCUT2D eigenvalue weighted by Gasteiger charge is 2.13. The second-order valence-electron chi connectivity index (χ2n) is 3.01. The van der Waals surface area contributed by atoms with Crippen molar-refractivity contribution in [2.24, 2.45) is 5.92 Å². The Kier molecular flexibility index (Phi) is 3.36. The van der Waals surface area contributed by atoms with Gasteiger partial charge in [-0.1, -0.05) is 0 Å². The van der Waals surface area contributed by atoms with Crippen LogP contribution in [0.3, 0.4) is 0 Å². The second kappa shape index (κ2) is 4.34. The topological polar surface area (TPSA) is 38.3 Å². The molecule has 1 aliphatic heterocycles. The summed E-state index contributed by atoms with van der Waals surface area (Å²) in [7, 11) is 0. The highest BCUT2D eigenvalue weighted by Crippen LogP contribution is 2.09. The van der Waals surface area contributed by atoms with Crippen molar-refractivity contribution in [2.45, 2.75) is 19.8 Å². The number of piperidine rings is 1. The van der Waals surface area contributed by atoms with Crippen LogP contribution >= 0.6 is 0 Å². The molecule has 0 aromatic carbocycles. The summed E-state index contributed by atoms with van der Waals surface area (Å²) in [5.74, 6) is 0.364. The molecular formula is C8H15NO2. The summed E-state index contributed by atoms with van der Waals surface area (Å²) in [6.07, 6.45) is 2.38. The molecule has 3 nitrogen and oxygen atoms in total. The summed E-state index contributed by atoms with van der Waals surface area (Å²) >= 11 is 0. The van der Waals surface area contributed by atoms with E-state index in [4.69, 9.17) is 4.74 Å². The van der Waals surface area contributed by atoms with E-state index in [1.807, 2.05) is 0 Å². The maximum absolute atomic E-state index is 10.4. The molecule has 1 fully saturated rings. The van der Waals surface area contributed by atoms with Gasteiger partial charge in [-0.15, -0.1) is 0 Å². The second-order valence-corrected chi connectivity index (χ2v) is 3.01. The van der Waals surface area contributed by atoms with Crippen LogP contribution < -0.4 is 5.32 Å². The summed E-state index contributed by atoms with van der Waals surface area (Å²) in [4.78, 5) is 10.4. The van der Waals surface area contributed by atoms with E-state index in [0.29, 0.717) is 12.5 Å². The molecule has 0 amide bonds. The Morgan fingerprint density at radius 3 is 3.09 bits per heavy atom. The zero-order valence-electron chi connectivity index (χ0n) is 6.93. The molecule has 64 valence electrons. The lowest BCUT2D eigenvalue weighted by molar-refractivity contribution is -0.142. The Hall–Kier alpha value is -0.570. The SMILES string of the molecule is CC(=O)OC[C@H]1CCCNC1. The average molecular weight is 157 g/mol. The first-order valence-corrected chi connectivity index (χ1v) is 4.13. The minimum absolute atomic E-state index is 0.171. The van der Waals surface area contributed by atoms with Gasteiger partial charge in [0, 0.05) is 19.4 Å². The lowest BCUT2D eigenvalue weighted by Crippen LogP contribution is -2.32. The van der Waals surface area contributed by atoms with Gasteiger partial charge >= 0.3 is 5.97 Å². The largest absolute Gasteiger partial charge is 0.466 e. The zero-order valence-corrected chi connectivity index (χ0v) is 6.93. The molecule has 3 heteroatoms. The quantitative estimate of drug-likeness (QED) is 0.595. The number of carbonyl (C=O) groups is 1. The van der Waals surface area contributed by atoms with Gasteiger partial charge in [-0.05, 0) is 19.4 Å². The first-order valence-electron chi connectivity index (χ1n) is 4.13. The molecule has 0 radical (unpaired) electrons. The number of esters is 1. The number of hydrogen-bond donors (Lipinski definition) is 1. The smallest absolute Gasteiger partial charge is 0.302 e. The van der Waals surface area contributed by atoms with Crippen LogP contribution in [0.4, 0.5) is 0 Å². The van der Waals surface area contributed by atoms with Gasteiger partial charge in [0.25, 0.3) is 0 Å². The molecule has 1 N–H and O–H groups in total. The first-order chi connectivity index (χ1) is 5.29. The fraction of sp³-hybridized carbons (Fsp3) is 0.875. The van der Waals surface area contributed by atoms with E-state index in [9.17, 15) is 4.79 Å². The van der Waals surface area contributed by atoms with Crippen molar-refractivity contribution in [1.82, 2.24) is 5.32 Å². The van der Waals surface area contributed by atoms with Gasteiger partial charge in [-0.3, -0.25) is 4.79 Å². The van der Waals surface area contributed by atoms with Gasteiger partial charge in [0.2, 0.25) is 0 Å². The fourth-order valence-corrected chi connectivity index (χ4v) is 1.30. The van der Waals surface area contributed by atoms with Gasteiger partial charge in [0.1, 0.15) is 0 Å². The average Bonchev–Trinajstić information content (AvgIpc) is 2.03. The molecular weight excluding hydrogens is 142 g/mol. The van der Waals surface area contributed by atoms with Crippen LogP contribution in [0, 0.1) is 5.92 Å². The number of carbonyl (C=O) groups excluding carboxylic acids is 1. The third kappa shape index (κ3) is 3.37. The molecule has 0 bridgehead atoms. The molecule has 0 unspecified atom stereocenters. The van der Waals surface area contributed by atoms with Crippen molar-refractivity contribution in [1.29, 1.82) is 0 Å². The van der Waals surface area contributed by atoms with E-state index in [2.05, 4.69) is 5.32 Å². The predicted molar refractivity (Wildman–Crippen MR) is 42.2 cm³/mol. The Labute approximate surface area is 67.1 Å². The minimum Gasteiger partial charge on any atom is -0.466 e. The summed E-state index contributed by atoms with van der Waals surface area (Å²) < 4.78 is 4.90. The fourth-order valence-electron chi connectivity index (χ4n) is 1.30. The van der Waals surface area contributed by atoms with Crippen LogP contribution in [0.2, 0.25) is 0 Å². The van der Waals surface area contributed by atoms with E-state index in [1.54, 1.807) is 0 Å². The number of nitrogens with one attached hydrogen (secondary N) is 1. The van der Waals surface area contributed by atoms with Crippen LogP contribution in [-0.4, -0.2) is 25.7 Å². The lowest BCUT2D eigenvalue weighted by Gasteiger charge is -2.21. The van der Waals surface area contributed by atoms with E-state index >= 15 is 0 Å². The Morgan fingerprint density at radius 2 is 2.55 bits per heavy atom. The molecule has 1 heterocycles. The van der Waals surface area contributed by atoms with Crippen molar-refractivity contribution < 1.29 is 9.53 Å². The first kappa shape index (κ1) is 8.53. The van der Waals surface area contributed by atoms with Crippen molar-refractivity contribution in [3.8, 4) is 0 Å². The normalized spacial score (nSPS) is 24.6. The van der Waals surface area contributed by atoms with Crippen molar-refractivity contribution >= 4 is 5.97 Å². The van der Waals surface area contributed by atoms with Crippen molar-refractivity contribution in [3.63, 3.8) is 0 Å². The minimum atomic E-state index is -0.171. The monoisotopic (exact) mass is 157 g/mol. The van der Waals surface area contributed by atoms with Gasteiger partial charge in [0.05, 0.1) is 6.61 Å². The van der Waals surface area contributed by atoms with Crippen LogP contribution in [-0.2, 0) is 9.53 Å². The van der Waals surface area contributed by atoms with Gasteiger partial charge in [-0.25, -0.2) is 0 Å². The molecule has 1 atom stereocenters. The van der Waals surface area contributed by atoms with Gasteiger partial charge in [0.15, 0.2) is 0 Å². The number of rotatable bonds is 2. The van der Waals surface area contributed by atoms with Gasteiger partial charge < -0.3 is 10.1 Å². The van der Waals surface area contributed by atoms with E-state index < -0.39 is 0 Å². The third-order valence-electron chi connectivity index (χ3n) is 1.92. The molecule has 11 heavy (non-hydrogen) atoms. The van der Waals surface area contributed by atoms with Crippen molar-refractivity contribution in [2.75, 3.05) is 19.7 Å². The Balaban J connectivity index is 2.09. The molecule has 0 aromatic heterocycles. The Morgan fingerprint density at radius 1 is 1.73 bits per heavy atom. The summed E-state index contributed by atoms with van der Waals surface area (Å²) in [5, 5.41) is 3.27. The molecule has 0 spiro atoms. The highest BCUT2D eigenvalue weighted by molar-refractivity contribution is 5.65. The maximum Gasteiger partial charge on any atom is 0.302 e. The van der Waals surface area contributed by atoms with E-state index in [0.717, 1.165) is 13.1 Å². The number of hydrogen-bond acceptors (Lipinski definition) is 3. The highest BCUT2D eigenvalue weighted by atomic mass is 16.5. The van der Waals surface area contributed by atoms with Crippen LogP contribution in [0.1, 0.15) is 19.8 Å². The molecule has 1 saturated heterocycles. The molecule has 1 aliphatic rings. The molecule has 1 rings (SSSR count). The van der Waals surface area contributed by atoms with Crippen molar-refractivity contribution in [3.05, 3.63) is 0 Å². The van der Waals surface area contributed by atoms with E-state index in [-0.39, 0.29) is 5.97 Å². The molecule has 0 aliphatic carbocycles. The third-order valence-corrected chi connectivity index (χ3v) is 1.92. The summed E-state index contributed by atoms with van der Waals surface area (Å²) in [6, 6.07) is 0. The Bertz CT molecular complexity index is 130. The zero-order chi connectivity index (χ0) is 8.10. The van der Waals surface area contributed by atoms with Gasteiger partial charge in [-0.2, -0.15) is 0 Å². The predicted octanol–water partition coefficient (Wildman–Crippen LogP) is 0.549. The lowest BCUT2D eigenvalue weighted by atomic mass is 10.0. The van der Waals surface area contributed by atoms with Crippen LogP contribution in [0.5, 0.6) is 0 Å². The summed E-state index contributed by atoms with van der Waals surface area (Å²) in [5.41, 5.74) is 0. The van der Waals surface area contributed by atoms with Crippen LogP contribution in [0.25, 0.3) is 0 Å².